The maximum Gasteiger partial charge on any atom is 0.184 e. The number of unbranched alkanes of at least 4 members (excludes halogenated alkanes) is 3. The van der Waals surface area contributed by atoms with Gasteiger partial charge in [-0.15, -0.1) is 0 Å². The molecule has 7 heteroatoms. The van der Waals surface area contributed by atoms with E-state index < -0.39 is 37.3 Å². The molecule has 0 radical (unpaired) electrons. The summed E-state index contributed by atoms with van der Waals surface area (Å²) in [5.74, 6) is 0. The predicted octanol–water partition coefficient (Wildman–Crippen LogP) is -0.242. The maximum absolute atomic E-state index is 9.87. The van der Waals surface area contributed by atoms with Gasteiger partial charge in [0.05, 0.1) is 6.61 Å². The van der Waals surface area contributed by atoms with Crippen molar-refractivity contribution in [2.45, 2.75) is 56.4 Å². The van der Waals surface area contributed by atoms with Crippen LogP contribution in [0.25, 0.3) is 0 Å². The predicted molar refractivity (Wildman–Crippen MR) is 72.0 cm³/mol. The highest BCUT2D eigenvalue weighted by molar-refractivity contribution is 9.09. The summed E-state index contributed by atoms with van der Waals surface area (Å²) in [6.45, 7) is -0.0397. The fourth-order valence-corrected chi connectivity index (χ4v) is 2.43. The van der Waals surface area contributed by atoms with Gasteiger partial charge in [-0.05, 0) is 12.8 Å². The molecule has 0 aromatic heterocycles. The molecular formula is C12H23BrO6. The Labute approximate surface area is 121 Å². The summed E-state index contributed by atoms with van der Waals surface area (Å²) in [7, 11) is 0. The van der Waals surface area contributed by atoms with Crippen LogP contribution in [0.4, 0.5) is 0 Å². The van der Waals surface area contributed by atoms with E-state index in [9.17, 15) is 15.3 Å². The molecule has 0 bridgehead atoms. The molecule has 0 aromatic carbocycles. The standard InChI is InChI=1S/C12H23BrO6/c13-5-3-1-2-4-6-18-11-9(15)8(7-14)19-12(17)10(11)16/h8-12,14-17H,1-7H2/t8-,9-,10-,11+,12-/m1/s1. The highest BCUT2D eigenvalue weighted by Crippen LogP contribution is 2.22. The van der Waals surface area contributed by atoms with E-state index in [1.807, 2.05) is 0 Å². The quantitative estimate of drug-likeness (QED) is 0.359. The highest BCUT2D eigenvalue weighted by atomic mass is 79.9. The highest BCUT2D eigenvalue weighted by Gasteiger charge is 2.44. The zero-order chi connectivity index (χ0) is 14.3. The molecule has 0 saturated carbocycles. The fraction of sp³-hybridized carbons (Fsp3) is 1.00. The molecule has 19 heavy (non-hydrogen) atoms. The molecule has 0 amide bonds. The lowest BCUT2D eigenvalue weighted by atomic mass is 9.99. The molecule has 6 nitrogen and oxygen atoms in total. The fourth-order valence-electron chi connectivity index (χ4n) is 2.03. The second-order valence-corrected chi connectivity index (χ2v) is 5.46. The largest absolute Gasteiger partial charge is 0.394 e. The van der Waals surface area contributed by atoms with E-state index in [1.165, 1.54) is 0 Å². The third-order valence-corrected chi connectivity index (χ3v) is 3.74. The second kappa shape index (κ2) is 9.23. The Bertz CT molecular complexity index is 242. The lowest BCUT2D eigenvalue weighted by Crippen LogP contribution is -2.59. The number of halogens is 1. The Balaban J connectivity index is 2.32. The third kappa shape index (κ3) is 5.26. The molecule has 0 aliphatic carbocycles. The monoisotopic (exact) mass is 342 g/mol. The van der Waals surface area contributed by atoms with Crippen molar-refractivity contribution in [3.05, 3.63) is 0 Å². The van der Waals surface area contributed by atoms with E-state index in [0.29, 0.717) is 6.61 Å². The first kappa shape index (κ1) is 17.3. The minimum Gasteiger partial charge on any atom is -0.394 e. The molecule has 4 N–H and O–H groups in total. The summed E-state index contributed by atoms with van der Waals surface area (Å²) in [5, 5.41) is 39.0. The Morgan fingerprint density at radius 2 is 1.68 bits per heavy atom. The summed E-state index contributed by atoms with van der Waals surface area (Å²) in [6.07, 6.45) is -1.74. The third-order valence-electron chi connectivity index (χ3n) is 3.18. The van der Waals surface area contributed by atoms with Gasteiger partial charge in [0.1, 0.15) is 24.4 Å². The van der Waals surface area contributed by atoms with Crippen molar-refractivity contribution < 1.29 is 29.9 Å². The average molecular weight is 343 g/mol. The van der Waals surface area contributed by atoms with E-state index in [0.717, 1.165) is 31.0 Å². The number of ether oxygens (including phenoxy) is 2. The summed E-state index contributed by atoms with van der Waals surface area (Å²) < 4.78 is 10.3. The van der Waals surface area contributed by atoms with Crippen LogP contribution in [0.1, 0.15) is 25.7 Å². The Morgan fingerprint density at radius 1 is 1.00 bits per heavy atom. The van der Waals surface area contributed by atoms with Crippen molar-refractivity contribution in [3.63, 3.8) is 0 Å². The van der Waals surface area contributed by atoms with Crippen LogP contribution in [-0.4, -0.2) is 69.7 Å². The van der Waals surface area contributed by atoms with Gasteiger partial charge in [-0.3, -0.25) is 0 Å². The van der Waals surface area contributed by atoms with Gasteiger partial charge in [-0.25, -0.2) is 0 Å². The molecule has 0 aromatic rings. The molecule has 1 fully saturated rings. The van der Waals surface area contributed by atoms with Gasteiger partial charge < -0.3 is 29.9 Å². The molecule has 0 unspecified atom stereocenters. The molecule has 5 atom stereocenters. The van der Waals surface area contributed by atoms with Gasteiger partial charge in [-0.2, -0.15) is 0 Å². The molecule has 0 spiro atoms. The molecule has 1 rings (SSSR count). The van der Waals surface area contributed by atoms with Gasteiger partial charge in [-0.1, -0.05) is 28.8 Å². The van der Waals surface area contributed by atoms with Crippen molar-refractivity contribution in [1.82, 2.24) is 0 Å². The van der Waals surface area contributed by atoms with Crippen molar-refractivity contribution in [2.24, 2.45) is 0 Å². The molecule has 1 heterocycles. The van der Waals surface area contributed by atoms with Gasteiger partial charge in [0.25, 0.3) is 0 Å². The molecule has 114 valence electrons. The van der Waals surface area contributed by atoms with Crippen LogP contribution in [-0.2, 0) is 9.47 Å². The van der Waals surface area contributed by atoms with Crippen molar-refractivity contribution >= 4 is 15.9 Å². The maximum atomic E-state index is 9.87. The van der Waals surface area contributed by atoms with E-state index in [-0.39, 0.29) is 0 Å². The summed E-state index contributed by atoms with van der Waals surface area (Å²) in [6, 6.07) is 0. The Hall–Kier alpha value is 0.240. The molecular weight excluding hydrogens is 320 g/mol. The van der Waals surface area contributed by atoms with Crippen LogP contribution in [0.2, 0.25) is 0 Å². The number of aliphatic hydroxyl groups excluding tert-OH is 4. The number of rotatable bonds is 8. The minimum atomic E-state index is -1.45. The molecule has 1 aliphatic rings. The molecule has 1 aliphatic heterocycles. The van der Waals surface area contributed by atoms with Crippen LogP contribution in [0.3, 0.4) is 0 Å². The van der Waals surface area contributed by atoms with E-state index >= 15 is 0 Å². The zero-order valence-corrected chi connectivity index (χ0v) is 12.4. The van der Waals surface area contributed by atoms with Gasteiger partial charge >= 0.3 is 0 Å². The Kier molecular flexibility index (Phi) is 8.40. The lowest BCUT2D eigenvalue weighted by Gasteiger charge is -2.39. The van der Waals surface area contributed by atoms with Crippen molar-refractivity contribution in [1.29, 1.82) is 0 Å². The smallest absolute Gasteiger partial charge is 0.184 e. The number of hydrogen-bond acceptors (Lipinski definition) is 6. The molecule has 1 saturated heterocycles. The van der Waals surface area contributed by atoms with Gasteiger partial charge in [0, 0.05) is 11.9 Å². The van der Waals surface area contributed by atoms with Gasteiger partial charge in [0.2, 0.25) is 0 Å². The van der Waals surface area contributed by atoms with Crippen LogP contribution in [0.15, 0.2) is 0 Å². The van der Waals surface area contributed by atoms with Crippen LogP contribution >= 0.6 is 15.9 Å². The zero-order valence-electron chi connectivity index (χ0n) is 10.8. The van der Waals surface area contributed by atoms with E-state index in [1.54, 1.807) is 0 Å². The minimum absolute atomic E-state index is 0.395. The van der Waals surface area contributed by atoms with E-state index in [2.05, 4.69) is 15.9 Å². The first-order valence-corrected chi connectivity index (χ1v) is 7.72. The van der Waals surface area contributed by atoms with Crippen molar-refractivity contribution in [2.75, 3.05) is 18.5 Å². The number of alkyl halides is 1. The topological polar surface area (TPSA) is 99.4 Å². The SMILES string of the molecule is OC[C@H]1O[C@@H](O)[C@H](O)[C@@H](OCCCCCCBr)[C@@H]1O. The normalized spacial score (nSPS) is 35.5. The van der Waals surface area contributed by atoms with Crippen LogP contribution in [0, 0.1) is 0 Å². The lowest BCUT2D eigenvalue weighted by molar-refractivity contribution is -0.294. The second-order valence-electron chi connectivity index (χ2n) is 4.67. The average Bonchev–Trinajstić information content (AvgIpc) is 2.41. The number of aliphatic hydroxyl groups is 4. The summed E-state index contributed by atoms with van der Waals surface area (Å²) in [4.78, 5) is 0. The van der Waals surface area contributed by atoms with Gasteiger partial charge in [0.15, 0.2) is 6.29 Å². The first-order chi connectivity index (χ1) is 9.11. The van der Waals surface area contributed by atoms with Crippen LogP contribution < -0.4 is 0 Å². The first-order valence-electron chi connectivity index (χ1n) is 6.60. The number of hydrogen-bond donors (Lipinski definition) is 4. The van der Waals surface area contributed by atoms with Crippen LogP contribution in [0.5, 0.6) is 0 Å². The summed E-state index contributed by atoms with van der Waals surface area (Å²) in [5.41, 5.74) is 0. The summed E-state index contributed by atoms with van der Waals surface area (Å²) >= 11 is 3.36. The van der Waals surface area contributed by atoms with E-state index in [4.69, 9.17) is 14.6 Å². The van der Waals surface area contributed by atoms with Crippen molar-refractivity contribution in [3.8, 4) is 0 Å². The Morgan fingerprint density at radius 3 is 2.32 bits per heavy atom.